The topological polar surface area (TPSA) is 65.4 Å². The molecule has 178 valence electrons. The van der Waals surface area contributed by atoms with Crippen molar-refractivity contribution >= 4 is 11.2 Å². The Balaban J connectivity index is 1.30. The molecule has 6 rings (SSSR count). The first kappa shape index (κ1) is 21.5. The number of hydrogen-bond donors (Lipinski definition) is 0. The van der Waals surface area contributed by atoms with E-state index in [0.717, 1.165) is 24.0 Å². The summed E-state index contributed by atoms with van der Waals surface area (Å²) >= 11 is 0. The van der Waals surface area contributed by atoms with Crippen molar-refractivity contribution in [2.75, 3.05) is 18.0 Å². The van der Waals surface area contributed by atoms with E-state index in [0.29, 0.717) is 37.4 Å². The first-order valence-electron chi connectivity index (χ1n) is 11.8. The molecule has 0 aromatic carbocycles. The summed E-state index contributed by atoms with van der Waals surface area (Å²) in [6, 6.07) is 5.85. The van der Waals surface area contributed by atoms with E-state index >= 15 is 0 Å². The number of fused-ring (bicyclic) bond motifs is 4. The summed E-state index contributed by atoms with van der Waals surface area (Å²) in [5, 5.41) is 18.4. The number of rotatable bonds is 3. The number of alkyl halides is 2. The van der Waals surface area contributed by atoms with E-state index in [1.54, 1.807) is 12.1 Å². The second-order valence-corrected chi connectivity index (χ2v) is 10.1. The van der Waals surface area contributed by atoms with Crippen molar-refractivity contribution in [1.29, 1.82) is 5.26 Å². The maximum atomic E-state index is 14.7. The maximum absolute atomic E-state index is 14.7. The van der Waals surface area contributed by atoms with E-state index in [-0.39, 0.29) is 36.5 Å². The van der Waals surface area contributed by atoms with Crippen LogP contribution in [0.25, 0.3) is 5.52 Å². The Morgan fingerprint density at radius 1 is 1.18 bits per heavy atom. The zero-order valence-corrected chi connectivity index (χ0v) is 19.2. The van der Waals surface area contributed by atoms with Crippen LogP contribution in [0.5, 0.6) is 0 Å². The molecule has 0 spiro atoms. The standard InChI is InChI=1S/C24H26F3N7/c1-14-5-18-20(12-31(14)11-16-6-24(26,27)7-16)30-33-15(2)10-32(13-22(18)33)21-4-3-17(8-28)34-23(21)19(25)9-29-34/h3-4,9,14-16H,5-7,10-13H2,1-2H3/t14-,15+/m0/s1. The molecule has 2 atom stereocenters. The van der Waals surface area contributed by atoms with Crippen LogP contribution in [0.3, 0.4) is 0 Å². The van der Waals surface area contributed by atoms with Gasteiger partial charge >= 0.3 is 0 Å². The number of nitrogens with zero attached hydrogens (tertiary/aromatic N) is 7. The normalized spacial score (nSPS) is 24.5. The molecule has 1 fully saturated rings. The Hall–Kier alpha value is -3.06. The quantitative estimate of drug-likeness (QED) is 0.582. The van der Waals surface area contributed by atoms with Crippen LogP contribution in [-0.2, 0) is 19.5 Å². The minimum absolute atomic E-state index is 0.0149. The van der Waals surface area contributed by atoms with Crippen molar-refractivity contribution in [3.05, 3.63) is 46.8 Å². The van der Waals surface area contributed by atoms with Crippen molar-refractivity contribution < 1.29 is 13.2 Å². The van der Waals surface area contributed by atoms with Crippen LogP contribution < -0.4 is 4.90 Å². The highest BCUT2D eigenvalue weighted by Crippen LogP contribution is 2.43. The highest BCUT2D eigenvalue weighted by molar-refractivity contribution is 5.75. The van der Waals surface area contributed by atoms with Crippen LogP contribution >= 0.6 is 0 Å². The molecule has 0 unspecified atom stereocenters. The number of hydrogen-bond acceptors (Lipinski definition) is 5. The number of nitriles is 1. The van der Waals surface area contributed by atoms with Gasteiger partial charge in [0.2, 0.25) is 5.92 Å². The lowest BCUT2D eigenvalue weighted by atomic mass is 9.80. The van der Waals surface area contributed by atoms with Crippen LogP contribution in [0.4, 0.5) is 18.9 Å². The van der Waals surface area contributed by atoms with Gasteiger partial charge in [0, 0.05) is 44.1 Å². The van der Waals surface area contributed by atoms with Crippen LogP contribution in [0.1, 0.15) is 55.4 Å². The molecule has 34 heavy (non-hydrogen) atoms. The van der Waals surface area contributed by atoms with Crippen molar-refractivity contribution in [3.8, 4) is 6.07 Å². The molecule has 7 nitrogen and oxygen atoms in total. The smallest absolute Gasteiger partial charge is 0.248 e. The molecule has 2 aliphatic heterocycles. The Labute approximate surface area is 195 Å². The Morgan fingerprint density at radius 3 is 2.71 bits per heavy atom. The first-order chi connectivity index (χ1) is 16.2. The fraction of sp³-hybridized carbons (Fsp3) is 0.542. The van der Waals surface area contributed by atoms with Crippen molar-refractivity contribution in [1.82, 2.24) is 24.3 Å². The maximum Gasteiger partial charge on any atom is 0.248 e. The van der Waals surface area contributed by atoms with E-state index in [9.17, 15) is 18.4 Å². The highest BCUT2D eigenvalue weighted by Gasteiger charge is 2.46. The molecule has 3 aromatic heterocycles. The molecule has 10 heteroatoms. The van der Waals surface area contributed by atoms with Gasteiger partial charge in [-0.2, -0.15) is 15.5 Å². The van der Waals surface area contributed by atoms with E-state index in [2.05, 4.69) is 39.5 Å². The van der Waals surface area contributed by atoms with E-state index in [4.69, 9.17) is 5.10 Å². The zero-order chi connectivity index (χ0) is 23.8. The summed E-state index contributed by atoms with van der Waals surface area (Å²) in [6.45, 7) is 6.84. The molecule has 0 bridgehead atoms. The van der Waals surface area contributed by atoms with Gasteiger partial charge in [-0.1, -0.05) is 0 Å². The molecule has 0 N–H and O–H groups in total. The fourth-order valence-corrected chi connectivity index (χ4v) is 5.93. The Bertz CT molecular complexity index is 1310. The SMILES string of the molecule is C[C@@H]1CN(c2ccc(C#N)n3ncc(F)c23)Cc2c3c(nn21)CN(CC1CC(F)(F)C1)[C@@H](C)C3. The van der Waals surface area contributed by atoms with Gasteiger partial charge in [-0.15, -0.1) is 0 Å². The largest absolute Gasteiger partial charge is 0.362 e. The molecule has 5 heterocycles. The Kier molecular flexibility index (Phi) is 4.72. The van der Waals surface area contributed by atoms with Gasteiger partial charge in [0.15, 0.2) is 5.82 Å². The van der Waals surface area contributed by atoms with Gasteiger partial charge in [-0.05, 0) is 38.3 Å². The minimum Gasteiger partial charge on any atom is -0.362 e. The van der Waals surface area contributed by atoms with Gasteiger partial charge in [0.05, 0.1) is 35.9 Å². The zero-order valence-electron chi connectivity index (χ0n) is 19.2. The predicted octanol–water partition coefficient (Wildman–Crippen LogP) is 3.91. The third kappa shape index (κ3) is 3.28. The fourth-order valence-electron chi connectivity index (χ4n) is 5.93. The van der Waals surface area contributed by atoms with Crippen molar-refractivity contribution in [3.63, 3.8) is 0 Å². The summed E-state index contributed by atoms with van der Waals surface area (Å²) < 4.78 is 44.8. The second-order valence-electron chi connectivity index (χ2n) is 10.1. The number of anilines is 1. The second kappa shape index (κ2) is 7.47. The van der Waals surface area contributed by atoms with Crippen LogP contribution in [0, 0.1) is 23.1 Å². The third-order valence-electron chi connectivity index (χ3n) is 7.64. The molecule has 3 aromatic rings. The minimum atomic E-state index is -2.49. The summed E-state index contributed by atoms with van der Waals surface area (Å²) in [5.74, 6) is -2.89. The summed E-state index contributed by atoms with van der Waals surface area (Å²) in [4.78, 5) is 4.42. The van der Waals surface area contributed by atoms with Crippen LogP contribution in [0.15, 0.2) is 18.3 Å². The van der Waals surface area contributed by atoms with E-state index < -0.39 is 11.7 Å². The molecular formula is C24H26F3N7. The van der Waals surface area contributed by atoms with Crippen molar-refractivity contribution in [2.24, 2.45) is 5.92 Å². The van der Waals surface area contributed by atoms with Gasteiger partial charge in [0.25, 0.3) is 0 Å². The van der Waals surface area contributed by atoms with Gasteiger partial charge in [-0.3, -0.25) is 9.58 Å². The molecule has 3 aliphatic rings. The number of aromatic nitrogens is 4. The summed E-state index contributed by atoms with van der Waals surface area (Å²) in [7, 11) is 0. The Morgan fingerprint density at radius 2 is 1.97 bits per heavy atom. The molecular weight excluding hydrogens is 443 g/mol. The lowest BCUT2D eigenvalue weighted by molar-refractivity contribution is -0.119. The van der Waals surface area contributed by atoms with E-state index in [1.807, 2.05) is 0 Å². The van der Waals surface area contributed by atoms with E-state index in [1.165, 1.54) is 10.1 Å². The van der Waals surface area contributed by atoms with Gasteiger partial charge in [0.1, 0.15) is 17.3 Å². The average molecular weight is 470 g/mol. The molecule has 1 saturated carbocycles. The third-order valence-corrected chi connectivity index (χ3v) is 7.64. The number of halogens is 3. The predicted molar refractivity (Wildman–Crippen MR) is 119 cm³/mol. The highest BCUT2D eigenvalue weighted by atomic mass is 19.3. The lowest BCUT2D eigenvalue weighted by Crippen LogP contribution is -2.47. The monoisotopic (exact) mass is 469 g/mol. The molecule has 0 amide bonds. The van der Waals surface area contributed by atoms with Gasteiger partial charge in [-0.25, -0.2) is 17.7 Å². The average Bonchev–Trinajstić information content (AvgIpc) is 3.33. The van der Waals surface area contributed by atoms with Gasteiger partial charge < -0.3 is 4.90 Å². The summed E-state index contributed by atoms with van der Waals surface area (Å²) in [5.41, 5.74) is 4.67. The van der Waals surface area contributed by atoms with Crippen molar-refractivity contribution in [2.45, 2.75) is 64.2 Å². The van der Waals surface area contributed by atoms with Crippen LogP contribution in [-0.4, -0.2) is 49.3 Å². The molecule has 0 saturated heterocycles. The molecule has 1 aliphatic carbocycles. The number of pyridine rings is 1. The first-order valence-corrected chi connectivity index (χ1v) is 11.8. The lowest BCUT2D eigenvalue weighted by Gasteiger charge is -2.41. The summed E-state index contributed by atoms with van der Waals surface area (Å²) in [6.07, 6.45) is 1.93. The van der Waals surface area contributed by atoms with Crippen LogP contribution in [0.2, 0.25) is 0 Å². The molecule has 0 radical (unpaired) electrons.